The van der Waals surface area contributed by atoms with Crippen molar-refractivity contribution >= 4 is 11.9 Å². The first kappa shape index (κ1) is 14.9. The molecule has 2 N–H and O–H groups in total. The second kappa shape index (κ2) is 6.72. The minimum absolute atomic E-state index is 0.164. The van der Waals surface area contributed by atoms with Crippen molar-refractivity contribution in [2.75, 3.05) is 7.11 Å². The van der Waals surface area contributed by atoms with Gasteiger partial charge in [-0.3, -0.25) is 4.79 Å². The van der Waals surface area contributed by atoms with Crippen molar-refractivity contribution in [3.63, 3.8) is 0 Å². The Hall–Kier alpha value is -2.11. The fourth-order valence-electron chi connectivity index (χ4n) is 1.66. The predicted octanol–water partition coefficient (Wildman–Crippen LogP) is 1.32. The lowest BCUT2D eigenvalue weighted by Gasteiger charge is -2.17. The highest BCUT2D eigenvalue weighted by Crippen LogP contribution is 2.14. The van der Waals surface area contributed by atoms with Gasteiger partial charge in [0.25, 0.3) is 5.91 Å². The van der Waals surface area contributed by atoms with E-state index in [1.54, 1.807) is 6.07 Å². The van der Waals surface area contributed by atoms with Crippen LogP contribution in [0.2, 0.25) is 0 Å². The Kier molecular flexibility index (Phi) is 5.29. The second-order valence-electron chi connectivity index (χ2n) is 4.55. The molecule has 1 rings (SSSR count). The molecule has 1 heterocycles. The molecular weight excluding hydrogens is 248 g/mol. The Morgan fingerprint density at radius 2 is 2.16 bits per heavy atom. The van der Waals surface area contributed by atoms with E-state index in [0.29, 0.717) is 6.42 Å². The number of aromatic nitrogens is 1. The minimum atomic E-state index is -1.05. The maximum absolute atomic E-state index is 12.0. The molecule has 1 amide bonds. The van der Waals surface area contributed by atoms with Crippen LogP contribution in [0.25, 0.3) is 0 Å². The van der Waals surface area contributed by atoms with Crippen LogP contribution >= 0.6 is 0 Å². The van der Waals surface area contributed by atoms with Gasteiger partial charge in [0.2, 0.25) is 5.88 Å². The van der Waals surface area contributed by atoms with Crippen LogP contribution in [0.3, 0.4) is 0 Å². The Balaban J connectivity index is 2.84. The first-order chi connectivity index (χ1) is 8.95. The number of rotatable bonds is 6. The molecule has 1 aromatic heterocycles. The third kappa shape index (κ3) is 4.24. The molecule has 1 unspecified atom stereocenters. The van der Waals surface area contributed by atoms with E-state index >= 15 is 0 Å². The summed E-state index contributed by atoms with van der Waals surface area (Å²) >= 11 is 0. The summed E-state index contributed by atoms with van der Waals surface area (Å²) in [4.78, 5) is 27.0. The number of hydrogen-bond donors (Lipinski definition) is 2. The van der Waals surface area contributed by atoms with E-state index < -0.39 is 17.9 Å². The zero-order valence-corrected chi connectivity index (χ0v) is 11.2. The van der Waals surface area contributed by atoms with E-state index in [0.717, 1.165) is 0 Å². The predicted molar refractivity (Wildman–Crippen MR) is 69.1 cm³/mol. The van der Waals surface area contributed by atoms with Crippen molar-refractivity contribution in [1.29, 1.82) is 0 Å². The molecule has 0 aliphatic heterocycles. The zero-order valence-electron chi connectivity index (χ0n) is 11.2. The largest absolute Gasteiger partial charge is 0.480 e. The molecule has 1 aromatic rings. The average molecular weight is 266 g/mol. The van der Waals surface area contributed by atoms with Crippen molar-refractivity contribution in [1.82, 2.24) is 10.3 Å². The van der Waals surface area contributed by atoms with Crippen LogP contribution in [0, 0.1) is 5.92 Å². The number of aliphatic carboxylic acids is 1. The van der Waals surface area contributed by atoms with E-state index in [1.165, 1.54) is 19.4 Å². The van der Waals surface area contributed by atoms with Crippen LogP contribution in [-0.4, -0.2) is 35.1 Å². The standard InChI is InChI=1S/C13H18N2O4/c1-8(2)7-10(13(17)18)15-11(16)9-5-4-6-14-12(9)19-3/h4-6,8,10H,7H2,1-3H3,(H,15,16)(H,17,18). The number of pyridine rings is 1. The molecule has 6 nitrogen and oxygen atoms in total. The molecular formula is C13H18N2O4. The number of ether oxygens (including phenoxy) is 1. The Morgan fingerprint density at radius 3 is 2.68 bits per heavy atom. The molecule has 0 fully saturated rings. The number of methoxy groups -OCH3 is 1. The number of carbonyl (C=O) groups excluding carboxylic acids is 1. The highest BCUT2D eigenvalue weighted by atomic mass is 16.5. The number of carboxylic acids is 1. The Bertz CT molecular complexity index is 460. The summed E-state index contributed by atoms with van der Waals surface area (Å²) in [5, 5.41) is 11.6. The van der Waals surface area contributed by atoms with Gasteiger partial charge in [-0.05, 0) is 24.5 Å². The molecule has 0 aliphatic rings. The van der Waals surface area contributed by atoms with E-state index in [-0.39, 0.29) is 17.4 Å². The van der Waals surface area contributed by atoms with Crippen molar-refractivity contribution in [3.8, 4) is 5.88 Å². The lowest BCUT2D eigenvalue weighted by molar-refractivity contribution is -0.139. The number of carbonyl (C=O) groups is 2. The number of amides is 1. The third-order valence-electron chi connectivity index (χ3n) is 2.52. The molecule has 0 saturated heterocycles. The quantitative estimate of drug-likeness (QED) is 0.810. The number of nitrogens with one attached hydrogen (secondary N) is 1. The van der Waals surface area contributed by atoms with Gasteiger partial charge in [0.15, 0.2) is 0 Å². The number of hydrogen-bond acceptors (Lipinski definition) is 4. The summed E-state index contributed by atoms with van der Waals surface area (Å²) in [6.07, 6.45) is 1.86. The molecule has 0 bridgehead atoms. The molecule has 0 aromatic carbocycles. The highest BCUT2D eigenvalue weighted by Gasteiger charge is 2.23. The molecule has 0 saturated carbocycles. The summed E-state index contributed by atoms with van der Waals surface area (Å²) in [6.45, 7) is 3.79. The third-order valence-corrected chi connectivity index (χ3v) is 2.52. The van der Waals surface area contributed by atoms with Gasteiger partial charge in [-0.15, -0.1) is 0 Å². The van der Waals surface area contributed by atoms with Gasteiger partial charge in [-0.1, -0.05) is 13.8 Å². The van der Waals surface area contributed by atoms with Crippen molar-refractivity contribution in [2.45, 2.75) is 26.3 Å². The summed E-state index contributed by atoms with van der Waals surface area (Å²) < 4.78 is 4.97. The molecule has 0 aliphatic carbocycles. The Labute approximate surface area is 111 Å². The maximum atomic E-state index is 12.0. The van der Waals surface area contributed by atoms with Crippen molar-refractivity contribution < 1.29 is 19.4 Å². The molecule has 104 valence electrons. The van der Waals surface area contributed by atoms with Gasteiger partial charge in [0.1, 0.15) is 11.6 Å². The van der Waals surface area contributed by atoms with E-state index in [9.17, 15) is 9.59 Å². The molecule has 0 radical (unpaired) electrons. The van der Waals surface area contributed by atoms with Crippen LogP contribution in [0.4, 0.5) is 0 Å². The van der Waals surface area contributed by atoms with E-state index in [1.807, 2.05) is 13.8 Å². The smallest absolute Gasteiger partial charge is 0.326 e. The molecule has 19 heavy (non-hydrogen) atoms. The van der Waals surface area contributed by atoms with Crippen LogP contribution in [0.1, 0.15) is 30.6 Å². The second-order valence-corrected chi connectivity index (χ2v) is 4.55. The fraction of sp³-hybridized carbons (Fsp3) is 0.462. The van der Waals surface area contributed by atoms with Gasteiger partial charge >= 0.3 is 5.97 Å². The van der Waals surface area contributed by atoms with Gasteiger partial charge in [0.05, 0.1) is 7.11 Å². The first-order valence-electron chi connectivity index (χ1n) is 5.98. The van der Waals surface area contributed by atoms with Crippen LogP contribution in [0.5, 0.6) is 5.88 Å². The zero-order chi connectivity index (χ0) is 14.4. The number of nitrogens with zero attached hydrogens (tertiary/aromatic N) is 1. The lowest BCUT2D eigenvalue weighted by Crippen LogP contribution is -2.41. The van der Waals surface area contributed by atoms with Gasteiger partial charge in [-0.2, -0.15) is 0 Å². The van der Waals surface area contributed by atoms with Gasteiger partial charge < -0.3 is 15.2 Å². The average Bonchev–Trinajstić information content (AvgIpc) is 2.37. The first-order valence-corrected chi connectivity index (χ1v) is 5.98. The summed E-state index contributed by atoms with van der Waals surface area (Å²) in [5.74, 6) is -1.21. The monoisotopic (exact) mass is 266 g/mol. The van der Waals surface area contributed by atoms with E-state index in [2.05, 4.69) is 10.3 Å². The summed E-state index contributed by atoms with van der Waals surface area (Å²) in [7, 11) is 1.40. The summed E-state index contributed by atoms with van der Waals surface area (Å²) in [6, 6.07) is 2.21. The number of carboxylic acid groups (broad SMARTS) is 1. The van der Waals surface area contributed by atoms with Crippen molar-refractivity contribution in [3.05, 3.63) is 23.9 Å². The van der Waals surface area contributed by atoms with Gasteiger partial charge in [-0.25, -0.2) is 9.78 Å². The molecule has 1 atom stereocenters. The highest BCUT2D eigenvalue weighted by molar-refractivity contribution is 5.98. The SMILES string of the molecule is COc1ncccc1C(=O)NC(CC(C)C)C(=O)O. The van der Waals surface area contributed by atoms with Crippen LogP contribution < -0.4 is 10.1 Å². The Morgan fingerprint density at radius 1 is 1.47 bits per heavy atom. The molecule has 6 heteroatoms. The normalized spacial score (nSPS) is 12.0. The minimum Gasteiger partial charge on any atom is -0.480 e. The fourth-order valence-corrected chi connectivity index (χ4v) is 1.66. The van der Waals surface area contributed by atoms with Crippen molar-refractivity contribution in [2.24, 2.45) is 5.92 Å². The molecule has 0 spiro atoms. The maximum Gasteiger partial charge on any atom is 0.326 e. The van der Waals surface area contributed by atoms with Crippen LogP contribution in [-0.2, 0) is 4.79 Å². The summed E-state index contributed by atoms with van der Waals surface area (Å²) in [5.41, 5.74) is 0.222. The lowest BCUT2D eigenvalue weighted by atomic mass is 10.0. The van der Waals surface area contributed by atoms with Crippen LogP contribution in [0.15, 0.2) is 18.3 Å². The van der Waals surface area contributed by atoms with Gasteiger partial charge in [0, 0.05) is 6.20 Å². The topological polar surface area (TPSA) is 88.5 Å². The van der Waals surface area contributed by atoms with E-state index in [4.69, 9.17) is 9.84 Å².